The van der Waals surface area contributed by atoms with Crippen molar-refractivity contribution in [2.24, 2.45) is 23.2 Å². The average molecular weight is 283 g/mol. The van der Waals surface area contributed by atoms with Gasteiger partial charge in [0, 0.05) is 12.0 Å². The van der Waals surface area contributed by atoms with Crippen LogP contribution in [0.4, 0.5) is 0 Å². The molecule has 0 atom stereocenters. The average Bonchev–Trinajstić information content (AvgIpc) is 2.47. The Kier molecular flexibility index (Phi) is 3.37. The Morgan fingerprint density at radius 2 is 1.57 bits per heavy atom. The van der Waals surface area contributed by atoms with E-state index in [-0.39, 0.29) is 5.41 Å². The fourth-order valence-corrected chi connectivity index (χ4v) is 5.56. The predicted molar refractivity (Wildman–Crippen MR) is 83.8 cm³/mol. The molecule has 1 N–H and O–H groups in total. The van der Waals surface area contributed by atoms with Gasteiger partial charge in [-0.2, -0.15) is 0 Å². The number of nitrogens with one attached hydrogen (secondary N) is 1. The van der Waals surface area contributed by atoms with E-state index in [1.54, 1.807) is 0 Å². The molecular weight excluding hydrogens is 258 g/mol. The van der Waals surface area contributed by atoms with Gasteiger partial charge in [-0.15, -0.1) is 0 Å². The number of hydrogen-bond donors (Lipinski definition) is 1. The lowest BCUT2D eigenvalue weighted by Gasteiger charge is -2.56. The lowest BCUT2D eigenvalue weighted by Crippen LogP contribution is -2.52. The fraction of sp³-hybridized carbons (Fsp3) is 0.632. The summed E-state index contributed by atoms with van der Waals surface area (Å²) in [4.78, 5) is 12.8. The summed E-state index contributed by atoms with van der Waals surface area (Å²) in [5.41, 5.74) is 1.31. The van der Waals surface area contributed by atoms with Gasteiger partial charge in [0.25, 0.3) is 0 Å². The molecule has 0 radical (unpaired) electrons. The van der Waals surface area contributed by atoms with Crippen LogP contribution >= 0.6 is 0 Å². The standard InChI is InChI=1S/C19H25NO/c21-18(13-20-12-14-4-2-1-3-5-14)19-9-15-6-16(10-19)8-17(7-15)11-19/h1-5,15-17,20H,6-13H2. The summed E-state index contributed by atoms with van der Waals surface area (Å²) in [5, 5.41) is 3.38. The van der Waals surface area contributed by atoms with E-state index in [9.17, 15) is 4.79 Å². The van der Waals surface area contributed by atoms with Crippen LogP contribution in [0.15, 0.2) is 30.3 Å². The lowest BCUT2D eigenvalue weighted by molar-refractivity contribution is -0.142. The Hall–Kier alpha value is -1.15. The highest BCUT2D eigenvalue weighted by Crippen LogP contribution is 2.60. The van der Waals surface area contributed by atoms with Gasteiger partial charge in [-0.3, -0.25) is 4.79 Å². The molecule has 1 aromatic rings. The van der Waals surface area contributed by atoms with Crippen molar-refractivity contribution >= 4 is 5.78 Å². The van der Waals surface area contributed by atoms with Crippen molar-refractivity contribution in [1.29, 1.82) is 0 Å². The van der Waals surface area contributed by atoms with Crippen molar-refractivity contribution < 1.29 is 4.79 Å². The third kappa shape index (κ3) is 2.55. The van der Waals surface area contributed by atoms with Crippen LogP contribution in [0, 0.1) is 23.2 Å². The number of Topliss-reactive ketones (excluding diaryl/α,β-unsaturated/α-hetero) is 1. The minimum absolute atomic E-state index is 0.0540. The second kappa shape index (κ2) is 5.24. The number of ketones is 1. The molecule has 4 saturated carbocycles. The molecule has 4 aliphatic rings. The SMILES string of the molecule is O=C(CNCc1ccccc1)C12CC3CC(CC(C3)C1)C2. The van der Waals surface area contributed by atoms with Crippen LogP contribution in [0.3, 0.4) is 0 Å². The van der Waals surface area contributed by atoms with Crippen LogP contribution in [0.25, 0.3) is 0 Å². The van der Waals surface area contributed by atoms with Crippen molar-refractivity contribution in [2.45, 2.75) is 45.1 Å². The van der Waals surface area contributed by atoms with Gasteiger partial charge in [0.2, 0.25) is 0 Å². The number of carbonyl (C=O) groups is 1. The smallest absolute Gasteiger partial charge is 0.152 e. The first-order chi connectivity index (χ1) is 10.2. The summed E-state index contributed by atoms with van der Waals surface area (Å²) in [5.74, 6) is 3.07. The van der Waals surface area contributed by atoms with Crippen LogP contribution in [-0.4, -0.2) is 12.3 Å². The maximum Gasteiger partial charge on any atom is 0.152 e. The van der Waals surface area contributed by atoms with E-state index >= 15 is 0 Å². The summed E-state index contributed by atoms with van der Waals surface area (Å²) < 4.78 is 0. The number of hydrogen-bond acceptors (Lipinski definition) is 2. The van der Waals surface area contributed by atoms with Crippen molar-refractivity contribution in [3.63, 3.8) is 0 Å². The topological polar surface area (TPSA) is 29.1 Å². The molecule has 0 spiro atoms. The Bertz CT molecular complexity index is 486. The molecule has 1 aromatic carbocycles. The quantitative estimate of drug-likeness (QED) is 0.895. The first-order valence-electron chi connectivity index (χ1n) is 8.51. The van der Waals surface area contributed by atoms with Gasteiger partial charge in [0.1, 0.15) is 0 Å². The second-order valence-electron chi connectivity index (χ2n) is 7.71. The van der Waals surface area contributed by atoms with Crippen LogP contribution in [-0.2, 0) is 11.3 Å². The molecule has 0 aliphatic heterocycles. The lowest BCUT2D eigenvalue weighted by atomic mass is 9.48. The predicted octanol–water partition coefficient (Wildman–Crippen LogP) is 3.56. The molecule has 21 heavy (non-hydrogen) atoms. The summed E-state index contributed by atoms with van der Waals surface area (Å²) in [6, 6.07) is 10.4. The van der Waals surface area contributed by atoms with E-state index in [2.05, 4.69) is 29.6 Å². The maximum absolute atomic E-state index is 12.8. The number of benzene rings is 1. The van der Waals surface area contributed by atoms with E-state index in [0.29, 0.717) is 12.3 Å². The third-order valence-corrected chi connectivity index (χ3v) is 6.09. The normalized spacial score (nSPS) is 36.9. The molecule has 0 heterocycles. The molecule has 2 heteroatoms. The number of carbonyl (C=O) groups excluding carboxylic acids is 1. The molecule has 4 aliphatic carbocycles. The largest absolute Gasteiger partial charge is 0.306 e. The summed E-state index contributed by atoms with van der Waals surface area (Å²) in [6.07, 6.45) is 7.78. The Morgan fingerprint density at radius 1 is 1.00 bits per heavy atom. The van der Waals surface area contributed by atoms with Gasteiger partial charge in [0.15, 0.2) is 5.78 Å². The van der Waals surface area contributed by atoms with Crippen LogP contribution in [0.1, 0.15) is 44.1 Å². The van der Waals surface area contributed by atoms with Crippen LogP contribution in [0.2, 0.25) is 0 Å². The first-order valence-corrected chi connectivity index (χ1v) is 8.51. The molecule has 0 aromatic heterocycles. The van der Waals surface area contributed by atoms with E-state index in [4.69, 9.17) is 0 Å². The zero-order valence-electron chi connectivity index (χ0n) is 12.7. The van der Waals surface area contributed by atoms with Crippen LogP contribution < -0.4 is 5.32 Å². The molecule has 4 fully saturated rings. The Labute approximate surface area is 127 Å². The molecule has 2 nitrogen and oxygen atoms in total. The summed E-state index contributed by atoms with van der Waals surface area (Å²) >= 11 is 0. The van der Waals surface area contributed by atoms with Crippen molar-refractivity contribution in [2.75, 3.05) is 6.54 Å². The molecule has 0 saturated heterocycles. The highest BCUT2D eigenvalue weighted by molar-refractivity contribution is 5.87. The highest BCUT2D eigenvalue weighted by Gasteiger charge is 2.53. The minimum atomic E-state index is 0.0540. The van der Waals surface area contributed by atoms with E-state index in [1.807, 2.05) is 6.07 Å². The molecule has 0 amide bonds. The van der Waals surface area contributed by atoms with Gasteiger partial charge in [-0.1, -0.05) is 30.3 Å². The monoisotopic (exact) mass is 283 g/mol. The van der Waals surface area contributed by atoms with Gasteiger partial charge in [0.05, 0.1) is 6.54 Å². The molecule has 4 bridgehead atoms. The van der Waals surface area contributed by atoms with Crippen molar-refractivity contribution in [1.82, 2.24) is 5.32 Å². The fourth-order valence-electron chi connectivity index (χ4n) is 5.56. The molecule has 5 rings (SSSR count). The van der Waals surface area contributed by atoms with E-state index in [1.165, 1.54) is 44.1 Å². The highest BCUT2D eigenvalue weighted by atomic mass is 16.1. The summed E-state index contributed by atoms with van der Waals surface area (Å²) in [6.45, 7) is 1.36. The molecule has 112 valence electrons. The Balaban J connectivity index is 1.37. The molecular formula is C19H25NO. The Morgan fingerprint density at radius 3 is 2.14 bits per heavy atom. The van der Waals surface area contributed by atoms with Gasteiger partial charge in [-0.25, -0.2) is 0 Å². The second-order valence-corrected chi connectivity index (χ2v) is 7.71. The van der Waals surface area contributed by atoms with Crippen molar-refractivity contribution in [3.05, 3.63) is 35.9 Å². The van der Waals surface area contributed by atoms with Gasteiger partial charge >= 0.3 is 0 Å². The zero-order chi connectivity index (χ0) is 14.3. The number of rotatable bonds is 5. The third-order valence-electron chi connectivity index (χ3n) is 6.09. The van der Waals surface area contributed by atoms with Crippen LogP contribution in [0.5, 0.6) is 0 Å². The van der Waals surface area contributed by atoms with Gasteiger partial charge < -0.3 is 5.32 Å². The van der Waals surface area contributed by atoms with Gasteiger partial charge in [-0.05, 0) is 61.8 Å². The molecule has 0 unspecified atom stereocenters. The van der Waals surface area contributed by atoms with Crippen molar-refractivity contribution in [3.8, 4) is 0 Å². The van der Waals surface area contributed by atoms with E-state index in [0.717, 1.165) is 24.3 Å². The zero-order valence-corrected chi connectivity index (χ0v) is 12.7. The maximum atomic E-state index is 12.8. The summed E-state index contributed by atoms with van der Waals surface area (Å²) in [7, 11) is 0. The minimum Gasteiger partial charge on any atom is -0.306 e. The van der Waals surface area contributed by atoms with E-state index < -0.39 is 0 Å². The first kappa shape index (κ1) is 13.5.